The molecule has 8 nitrogen and oxygen atoms in total. The quantitative estimate of drug-likeness (QED) is 0.715. The fraction of sp³-hybridized carbons (Fsp3) is 0.526. The maximum absolute atomic E-state index is 12.3. The van der Waals surface area contributed by atoms with E-state index in [9.17, 15) is 23.3 Å². The highest BCUT2D eigenvalue weighted by Gasteiger charge is 2.43. The third-order valence-electron chi connectivity index (χ3n) is 5.15. The van der Waals surface area contributed by atoms with Crippen molar-refractivity contribution in [2.45, 2.75) is 38.1 Å². The van der Waals surface area contributed by atoms with Crippen LogP contribution in [-0.2, 0) is 26.0 Å². The number of sulfonamides is 1. The van der Waals surface area contributed by atoms with E-state index in [0.29, 0.717) is 25.1 Å². The molecule has 0 spiro atoms. The molecule has 1 saturated carbocycles. The van der Waals surface area contributed by atoms with Gasteiger partial charge < -0.3 is 10.1 Å². The van der Waals surface area contributed by atoms with E-state index in [2.05, 4.69) is 11.4 Å². The highest BCUT2D eigenvalue weighted by atomic mass is 32.2. The van der Waals surface area contributed by atoms with Gasteiger partial charge in [0, 0.05) is 6.54 Å². The van der Waals surface area contributed by atoms with Gasteiger partial charge in [-0.15, -0.1) is 0 Å². The lowest BCUT2D eigenvalue weighted by molar-refractivity contribution is -0.125. The molecule has 1 aromatic carbocycles. The van der Waals surface area contributed by atoms with E-state index in [1.807, 2.05) is 0 Å². The highest BCUT2D eigenvalue weighted by molar-refractivity contribution is 7.92. The fourth-order valence-corrected chi connectivity index (χ4v) is 4.45. The molecule has 1 fully saturated rings. The van der Waals surface area contributed by atoms with Gasteiger partial charge in [-0.1, -0.05) is 0 Å². The number of nitriles is 1. The average molecular weight is 405 g/mol. The van der Waals surface area contributed by atoms with E-state index in [0.717, 1.165) is 24.7 Å². The Morgan fingerprint density at radius 2 is 2.11 bits per heavy atom. The van der Waals surface area contributed by atoms with Crippen LogP contribution in [0, 0.1) is 17.2 Å². The molecule has 1 heterocycles. The number of hydrogen-bond acceptors (Lipinski definition) is 6. The molecular formula is C19H23N3O5S. The first kappa shape index (κ1) is 20.1. The molecule has 1 N–H and O–H groups in total. The molecule has 3 rings (SSSR count). The minimum atomic E-state index is -3.38. The molecular weight excluding hydrogens is 382 g/mol. The predicted molar refractivity (Wildman–Crippen MR) is 102 cm³/mol. The minimum Gasteiger partial charge on any atom is -0.452 e. The van der Waals surface area contributed by atoms with Crippen LogP contribution in [0.25, 0.3) is 0 Å². The zero-order chi connectivity index (χ0) is 20.5. The molecule has 9 heteroatoms. The zero-order valence-corrected chi connectivity index (χ0v) is 16.7. The van der Waals surface area contributed by atoms with Gasteiger partial charge in [0.15, 0.2) is 6.61 Å². The molecule has 0 saturated heterocycles. The van der Waals surface area contributed by atoms with Crippen molar-refractivity contribution in [1.29, 1.82) is 5.26 Å². The number of carbonyl (C=O) groups is 2. The van der Waals surface area contributed by atoms with Gasteiger partial charge in [-0.05, 0) is 62.3 Å². The Morgan fingerprint density at radius 1 is 1.39 bits per heavy atom. The van der Waals surface area contributed by atoms with Crippen molar-refractivity contribution in [3.05, 3.63) is 29.3 Å². The number of ether oxygens (including phenoxy) is 1. The Balaban J connectivity index is 1.64. The van der Waals surface area contributed by atoms with Crippen LogP contribution in [0.4, 0.5) is 5.69 Å². The van der Waals surface area contributed by atoms with Crippen LogP contribution in [0.1, 0.15) is 42.1 Å². The average Bonchev–Trinajstić information content (AvgIpc) is 3.50. The summed E-state index contributed by atoms with van der Waals surface area (Å²) in [5.74, 6) is -1.05. The van der Waals surface area contributed by atoms with Gasteiger partial charge in [0.05, 0.1) is 23.6 Å². The summed E-state index contributed by atoms with van der Waals surface area (Å²) < 4.78 is 30.2. The second-order valence-electron chi connectivity index (χ2n) is 7.49. The van der Waals surface area contributed by atoms with Gasteiger partial charge in [-0.25, -0.2) is 13.2 Å². The second-order valence-corrected chi connectivity index (χ2v) is 9.40. The molecule has 1 aliphatic carbocycles. The number of fused-ring (bicyclic) bond motifs is 1. The Bertz CT molecular complexity index is 949. The first-order valence-electron chi connectivity index (χ1n) is 9.14. The van der Waals surface area contributed by atoms with Crippen molar-refractivity contribution in [3.63, 3.8) is 0 Å². The normalized spacial score (nSPS) is 18.4. The number of aryl methyl sites for hydroxylation is 1. The van der Waals surface area contributed by atoms with E-state index in [4.69, 9.17) is 4.74 Å². The molecule has 0 radical (unpaired) electrons. The third kappa shape index (κ3) is 4.28. The number of hydrogen-bond donors (Lipinski definition) is 1. The van der Waals surface area contributed by atoms with E-state index >= 15 is 0 Å². The lowest BCUT2D eigenvalue weighted by Crippen LogP contribution is -2.48. The number of benzene rings is 1. The summed E-state index contributed by atoms with van der Waals surface area (Å²) in [7, 11) is -3.38. The zero-order valence-electron chi connectivity index (χ0n) is 15.9. The molecule has 0 aromatic heterocycles. The summed E-state index contributed by atoms with van der Waals surface area (Å²) in [5.41, 5.74) is 0.635. The maximum Gasteiger partial charge on any atom is 0.338 e. The third-order valence-corrected chi connectivity index (χ3v) is 6.33. The molecule has 28 heavy (non-hydrogen) atoms. The Kier molecular flexibility index (Phi) is 5.35. The summed E-state index contributed by atoms with van der Waals surface area (Å²) in [6.45, 7) is 1.60. The molecule has 0 unspecified atom stereocenters. The smallest absolute Gasteiger partial charge is 0.338 e. The van der Waals surface area contributed by atoms with Crippen molar-refractivity contribution in [2.75, 3.05) is 23.7 Å². The van der Waals surface area contributed by atoms with Crippen molar-refractivity contribution in [1.82, 2.24) is 5.32 Å². The predicted octanol–water partition coefficient (Wildman–Crippen LogP) is 1.36. The van der Waals surface area contributed by atoms with Crippen LogP contribution in [0.15, 0.2) is 18.2 Å². The Morgan fingerprint density at radius 3 is 2.71 bits per heavy atom. The maximum atomic E-state index is 12.3. The largest absolute Gasteiger partial charge is 0.452 e. The van der Waals surface area contributed by atoms with Crippen molar-refractivity contribution < 1.29 is 22.7 Å². The van der Waals surface area contributed by atoms with Crippen molar-refractivity contribution >= 4 is 27.6 Å². The van der Waals surface area contributed by atoms with Crippen LogP contribution in [-0.4, -0.2) is 45.2 Å². The molecule has 150 valence electrons. The standard InChI is InChI=1S/C19H23N3O5S/c1-19(12-20,15-6-7-15)21-17(23)11-27-18(24)14-5-8-16-13(10-14)4-3-9-22(16)28(2,25)26/h5,8,10,15H,3-4,6-7,9,11H2,1-2H3,(H,21,23)/t19-/m0/s1. The second kappa shape index (κ2) is 7.43. The molecule has 2 aliphatic rings. The van der Waals surface area contributed by atoms with Crippen LogP contribution in [0.3, 0.4) is 0 Å². The summed E-state index contributed by atoms with van der Waals surface area (Å²) >= 11 is 0. The van der Waals surface area contributed by atoms with Gasteiger partial charge in [0.1, 0.15) is 5.54 Å². The summed E-state index contributed by atoms with van der Waals surface area (Å²) in [6.07, 6.45) is 4.26. The van der Waals surface area contributed by atoms with Crippen LogP contribution < -0.4 is 9.62 Å². The van der Waals surface area contributed by atoms with Crippen molar-refractivity contribution in [2.24, 2.45) is 5.92 Å². The number of esters is 1. The first-order valence-corrected chi connectivity index (χ1v) is 11.0. The monoisotopic (exact) mass is 405 g/mol. The van der Waals surface area contributed by atoms with Crippen LogP contribution in [0.2, 0.25) is 0 Å². The van der Waals surface area contributed by atoms with E-state index in [1.54, 1.807) is 19.1 Å². The van der Waals surface area contributed by atoms with E-state index in [-0.39, 0.29) is 11.5 Å². The van der Waals surface area contributed by atoms with Crippen LogP contribution >= 0.6 is 0 Å². The first-order chi connectivity index (χ1) is 13.1. The minimum absolute atomic E-state index is 0.135. The lowest BCUT2D eigenvalue weighted by atomic mass is 9.98. The van der Waals surface area contributed by atoms with Gasteiger partial charge in [0.2, 0.25) is 10.0 Å². The SMILES string of the molecule is C[C@@](C#N)(NC(=O)COC(=O)c1ccc2c(c1)CCCN2S(C)(=O)=O)C1CC1. The van der Waals surface area contributed by atoms with Gasteiger partial charge in [-0.3, -0.25) is 9.10 Å². The summed E-state index contributed by atoms with van der Waals surface area (Å²) in [6, 6.07) is 6.80. The lowest BCUT2D eigenvalue weighted by Gasteiger charge is -2.29. The fourth-order valence-electron chi connectivity index (χ4n) is 3.46. The number of carbonyl (C=O) groups excluding carboxylic acids is 2. The molecule has 1 amide bonds. The molecule has 1 atom stereocenters. The van der Waals surface area contributed by atoms with Crippen LogP contribution in [0.5, 0.6) is 0 Å². The summed E-state index contributed by atoms with van der Waals surface area (Å²) in [5, 5.41) is 11.9. The molecule has 0 bridgehead atoms. The van der Waals surface area contributed by atoms with Gasteiger partial charge in [-0.2, -0.15) is 5.26 Å². The van der Waals surface area contributed by atoms with Gasteiger partial charge >= 0.3 is 5.97 Å². The highest BCUT2D eigenvalue weighted by Crippen LogP contribution is 2.39. The molecule has 1 aromatic rings. The number of anilines is 1. The Labute approximate surface area is 164 Å². The topological polar surface area (TPSA) is 117 Å². The Hall–Kier alpha value is -2.60. The molecule has 1 aliphatic heterocycles. The number of nitrogens with one attached hydrogen (secondary N) is 1. The number of nitrogens with zero attached hydrogens (tertiary/aromatic N) is 2. The number of amides is 1. The van der Waals surface area contributed by atoms with Gasteiger partial charge in [0.25, 0.3) is 5.91 Å². The number of rotatable bonds is 6. The van der Waals surface area contributed by atoms with E-state index < -0.39 is 34.0 Å². The van der Waals surface area contributed by atoms with E-state index in [1.165, 1.54) is 10.4 Å². The summed E-state index contributed by atoms with van der Waals surface area (Å²) in [4.78, 5) is 24.4. The van der Waals surface area contributed by atoms with Crippen molar-refractivity contribution in [3.8, 4) is 6.07 Å².